The van der Waals surface area contributed by atoms with Crippen molar-refractivity contribution in [1.82, 2.24) is 14.9 Å². The van der Waals surface area contributed by atoms with Gasteiger partial charge in [-0.05, 0) is 31.9 Å². The van der Waals surface area contributed by atoms with Gasteiger partial charge in [-0.1, -0.05) is 6.07 Å². The Morgan fingerprint density at radius 1 is 1.45 bits per heavy atom. The van der Waals surface area contributed by atoms with Crippen LogP contribution < -0.4 is 5.73 Å². The minimum atomic E-state index is 0.362. The molecule has 0 aliphatic carbocycles. The Hall–Kier alpha value is -1.30. The van der Waals surface area contributed by atoms with Crippen molar-refractivity contribution in [1.29, 1.82) is 0 Å². The van der Waals surface area contributed by atoms with Crippen LogP contribution in [0.15, 0.2) is 29.8 Å². The lowest BCUT2D eigenvalue weighted by atomic mass is 9.99. The van der Waals surface area contributed by atoms with E-state index < -0.39 is 0 Å². The number of thiazole rings is 1. The summed E-state index contributed by atoms with van der Waals surface area (Å²) in [4.78, 5) is 11.5. The molecule has 106 valence electrons. The molecule has 5 heteroatoms. The molecule has 3 rings (SSSR count). The Kier molecular flexibility index (Phi) is 4.10. The van der Waals surface area contributed by atoms with Gasteiger partial charge in [-0.3, -0.25) is 9.88 Å². The van der Waals surface area contributed by atoms with E-state index in [1.54, 1.807) is 11.3 Å². The van der Waals surface area contributed by atoms with E-state index in [-0.39, 0.29) is 0 Å². The highest BCUT2D eigenvalue weighted by atomic mass is 32.1. The van der Waals surface area contributed by atoms with Gasteiger partial charge in [0.05, 0.1) is 11.4 Å². The van der Waals surface area contributed by atoms with Crippen LogP contribution >= 0.6 is 11.3 Å². The smallest absolute Gasteiger partial charge is 0.142 e. The number of aromatic nitrogens is 2. The second-order valence-electron chi connectivity index (χ2n) is 5.46. The van der Waals surface area contributed by atoms with E-state index in [4.69, 9.17) is 10.7 Å². The molecule has 4 nitrogen and oxygen atoms in total. The first kappa shape index (κ1) is 13.7. The van der Waals surface area contributed by atoms with Crippen LogP contribution in [0.4, 0.5) is 0 Å². The number of pyridine rings is 1. The molecule has 2 aromatic heterocycles. The van der Waals surface area contributed by atoms with Crippen LogP contribution in [-0.4, -0.2) is 33.5 Å². The van der Waals surface area contributed by atoms with Gasteiger partial charge < -0.3 is 5.73 Å². The Bertz CT molecular complexity index is 554. The number of rotatable bonds is 3. The monoisotopic (exact) mass is 288 g/mol. The molecule has 3 heterocycles. The second-order valence-corrected chi connectivity index (χ2v) is 6.32. The molecular formula is C15H20N4S. The first-order chi connectivity index (χ1) is 9.72. The standard InChI is InChI=1S/C15H20N4S/c1-11-8-12(16)5-7-19(11)9-13-10-20-15(18-13)14-4-2-3-6-17-14/h2-4,6,10-12H,5,7-9,16H2,1H3. The minimum Gasteiger partial charge on any atom is -0.328 e. The summed E-state index contributed by atoms with van der Waals surface area (Å²) in [6.07, 6.45) is 3.98. The van der Waals surface area contributed by atoms with E-state index in [1.165, 1.54) is 0 Å². The van der Waals surface area contributed by atoms with Crippen LogP contribution in [-0.2, 0) is 6.54 Å². The maximum atomic E-state index is 6.01. The predicted molar refractivity (Wildman–Crippen MR) is 82.4 cm³/mol. The Morgan fingerprint density at radius 3 is 3.10 bits per heavy atom. The fourth-order valence-corrected chi connectivity index (χ4v) is 3.47. The highest BCUT2D eigenvalue weighted by molar-refractivity contribution is 7.13. The SMILES string of the molecule is CC1CC(N)CCN1Cc1csc(-c2ccccn2)n1. The summed E-state index contributed by atoms with van der Waals surface area (Å²) in [5.41, 5.74) is 8.11. The number of nitrogens with zero attached hydrogens (tertiary/aromatic N) is 3. The molecule has 0 aromatic carbocycles. The highest BCUT2D eigenvalue weighted by Crippen LogP contribution is 2.24. The zero-order chi connectivity index (χ0) is 13.9. The molecule has 1 saturated heterocycles. The van der Waals surface area contributed by atoms with Crippen molar-refractivity contribution >= 4 is 11.3 Å². The molecular weight excluding hydrogens is 268 g/mol. The van der Waals surface area contributed by atoms with E-state index in [1.807, 2.05) is 24.4 Å². The molecule has 20 heavy (non-hydrogen) atoms. The molecule has 0 spiro atoms. The summed E-state index contributed by atoms with van der Waals surface area (Å²) in [5.74, 6) is 0. The minimum absolute atomic E-state index is 0.362. The topological polar surface area (TPSA) is 55.0 Å². The summed E-state index contributed by atoms with van der Waals surface area (Å²) in [6.45, 7) is 4.24. The van der Waals surface area contributed by atoms with Gasteiger partial charge in [0.25, 0.3) is 0 Å². The molecule has 1 aliphatic rings. The van der Waals surface area contributed by atoms with Crippen molar-refractivity contribution in [2.24, 2.45) is 5.73 Å². The van der Waals surface area contributed by atoms with Crippen LogP contribution in [0.25, 0.3) is 10.7 Å². The lowest BCUT2D eigenvalue weighted by Gasteiger charge is -2.35. The van der Waals surface area contributed by atoms with Crippen LogP contribution in [0.2, 0.25) is 0 Å². The summed E-state index contributed by atoms with van der Waals surface area (Å²) in [6, 6.07) is 6.83. The third-order valence-electron chi connectivity index (χ3n) is 3.86. The lowest BCUT2D eigenvalue weighted by molar-refractivity contribution is 0.138. The van der Waals surface area contributed by atoms with Gasteiger partial charge in [-0.15, -0.1) is 11.3 Å². The fourth-order valence-electron chi connectivity index (χ4n) is 2.69. The largest absolute Gasteiger partial charge is 0.328 e. The van der Waals surface area contributed by atoms with Crippen LogP contribution in [0.1, 0.15) is 25.5 Å². The number of hydrogen-bond acceptors (Lipinski definition) is 5. The van der Waals surface area contributed by atoms with Gasteiger partial charge in [0.15, 0.2) is 0 Å². The van der Waals surface area contributed by atoms with Crippen molar-refractivity contribution in [2.75, 3.05) is 6.54 Å². The fraction of sp³-hybridized carbons (Fsp3) is 0.467. The molecule has 1 fully saturated rings. The molecule has 0 bridgehead atoms. The maximum absolute atomic E-state index is 6.01. The summed E-state index contributed by atoms with van der Waals surface area (Å²) < 4.78 is 0. The zero-order valence-corrected chi connectivity index (χ0v) is 12.5. The molecule has 2 N–H and O–H groups in total. The van der Waals surface area contributed by atoms with Crippen molar-refractivity contribution in [3.63, 3.8) is 0 Å². The number of nitrogens with two attached hydrogens (primary N) is 1. The predicted octanol–water partition coefficient (Wildman–Crippen LogP) is 2.52. The average molecular weight is 288 g/mol. The van der Waals surface area contributed by atoms with Crippen LogP contribution in [0.5, 0.6) is 0 Å². The molecule has 2 aromatic rings. The van der Waals surface area contributed by atoms with Gasteiger partial charge in [0, 0.05) is 36.8 Å². The van der Waals surface area contributed by atoms with Crippen molar-refractivity contribution in [2.45, 2.75) is 38.4 Å². The molecule has 0 amide bonds. The normalized spacial score (nSPS) is 23.9. The van der Waals surface area contributed by atoms with E-state index in [2.05, 4.69) is 22.2 Å². The number of likely N-dealkylation sites (tertiary alicyclic amines) is 1. The van der Waals surface area contributed by atoms with Gasteiger partial charge in [-0.2, -0.15) is 0 Å². The van der Waals surface area contributed by atoms with Crippen molar-refractivity contribution < 1.29 is 0 Å². The Balaban J connectivity index is 1.69. The third kappa shape index (κ3) is 3.06. The first-order valence-corrected chi connectivity index (χ1v) is 7.96. The van der Waals surface area contributed by atoms with E-state index in [0.29, 0.717) is 12.1 Å². The molecule has 2 atom stereocenters. The molecule has 1 aliphatic heterocycles. The second kappa shape index (κ2) is 5.99. The van der Waals surface area contributed by atoms with Crippen molar-refractivity contribution in [3.8, 4) is 10.7 Å². The first-order valence-electron chi connectivity index (χ1n) is 7.08. The molecule has 2 unspecified atom stereocenters. The van der Waals surface area contributed by atoms with Crippen molar-refractivity contribution in [3.05, 3.63) is 35.5 Å². The highest BCUT2D eigenvalue weighted by Gasteiger charge is 2.23. The molecule has 0 radical (unpaired) electrons. The van der Waals surface area contributed by atoms with Gasteiger partial charge >= 0.3 is 0 Å². The summed E-state index contributed by atoms with van der Waals surface area (Å²) in [5, 5.41) is 3.15. The zero-order valence-electron chi connectivity index (χ0n) is 11.7. The van der Waals surface area contributed by atoms with Crippen LogP contribution in [0.3, 0.4) is 0 Å². The van der Waals surface area contributed by atoms with Gasteiger partial charge in [-0.25, -0.2) is 4.98 Å². The summed E-state index contributed by atoms with van der Waals surface area (Å²) in [7, 11) is 0. The number of hydrogen-bond donors (Lipinski definition) is 1. The van der Waals surface area contributed by atoms with Gasteiger partial charge in [0.2, 0.25) is 0 Å². The lowest BCUT2D eigenvalue weighted by Crippen LogP contribution is -2.45. The Morgan fingerprint density at radius 2 is 2.35 bits per heavy atom. The van der Waals surface area contributed by atoms with E-state index in [9.17, 15) is 0 Å². The average Bonchev–Trinajstić information content (AvgIpc) is 2.92. The quantitative estimate of drug-likeness (QED) is 0.943. The van der Waals surface area contributed by atoms with Crippen LogP contribution in [0, 0.1) is 0 Å². The maximum Gasteiger partial charge on any atom is 0.142 e. The molecule has 0 saturated carbocycles. The Labute approximate surface area is 123 Å². The van der Waals surface area contributed by atoms with Gasteiger partial charge in [0.1, 0.15) is 5.01 Å². The van der Waals surface area contributed by atoms with E-state index in [0.717, 1.165) is 42.3 Å². The summed E-state index contributed by atoms with van der Waals surface area (Å²) >= 11 is 1.67. The third-order valence-corrected chi connectivity index (χ3v) is 4.77. The van der Waals surface area contributed by atoms with E-state index >= 15 is 0 Å². The number of piperidine rings is 1.